The van der Waals surface area contributed by atoms with Gasteiger partial charge >= 0.3 is 0 Å². The van der Waals surface area contributed by atoms with E-state index in [4.69, 9.17) is 4.98 Å². The molecule has 3 aliphatic rings. The Morgan fingerprint density at radius 1 is 1.19 bits per heavy atom. The molecule has 2 N–H and O–H groups in total. The molecule has 2 atom stereocenters. The zero-order valence-electron chi connectivity index (χ0n) is 19.4. The number of fused-ring (bicyclic) bond motifs is 1. The molecular formula is C26H38N4O. The van der Waals surface area contributed by atoms with Gasteiger partial charge in [-0.3, -0.25) is 4.90 Å². The third-order valence-corrected chi connectivity index (χ3v) is 8.03. The number of para-hydroxylation sites is 2. The highest BCUT2D eigenvalue weighted by molar-refractivity contribution is 5.76. The van der Waals surface area contributed by atoms with E-state index in [9.17, 15) is 5.11 Å². The van der Waals surface area contributed by atoms with Gasteiger partial charge in [-0.05, 0) is 63.0 Å². The molecule has 2 aromatic rings. The van der Waals surface area contributed by atoms with Crippen LogP contribution in [0, 0.1) is 5.41 Å². The first kappa shape index (κ1) is 21.2. The summed E-state index contributed by atoms with van der Waals surface area (Å²) in [4.78, 5) is 7.69. The fourth-order valence-corrected chi connectivity index (χ4v) is 6.19. The lowest BCUT2D eigenvalue weighted by Crippen LogP contribution is -2.39. The zero-order chi connectivity index (χ0) is 21.6. The number of likely N-dealkylation sites (tertiary alicyclic amines) is 1. The van der Waals surface area contributed by atoms with Gasteiger partial charge in [0.2, 0.25) is 0 Å². The predicted octanol–water partition coefficient (Wildman–Crippen LogP) is 4.60. The van der Waals surface area contributed by atoms with Crippen LogP contribution in [0.3, 0.4) is 0 Å². The Balaban J connectivity index is 1.35. The average Bonchev–Trinajstić information content (AvgIpc) is 3.34. The minimum atomic E-state index is -0.268. The summed E-state index contributed by atoms with van der Waals surface area (Å²) in [5.74, 6) is 1.11. The standard InChI is InChI=1S/C26H38N4O/c1-18-7-6-12-26(2,3)21(18)17-29-13-10-19(11-14-29)30-24-9-5-4-8-22(24)28-25(30)23-15-20(31)16-27-23/h4-5,8-9,19-20,23,27,31H,6-7,10-17H2,1-3H3/t20-,23+/m1/s1. The molecule has 0 radical (unpaired) electrons. The summed E-state index contributed by atoms with van der Waals surface area (Å²) in [5, 5.41) is 13.6. The van der Waals surface area contributed by atoms with Gasteiger partial charge in [-0.1, -0.05) is 37.1 Å². The van der Waals surface area contributed by atoms with E-state index in [2.05, 4.69) is 59.8 Å². The van der Waals surface area contributed by atoms with Crippen LogP contribution in [0.25, 0.3) is 11.0 Å². The van der Waals surface area contributed by atoms with Crippen LogP contribution in [0.2, 0.25) is 0 Å². The molecule has 1 aromatic carbocycles. The zero-order valence-corrected chi connectivity index (χ0v) is 19.4. The number of β-amino-alcohol motifs (C(OH)–C–C–N with tert-alkyl or cyclic N) is 1. The summed E-state index contributed by atoms with van der Waals surface area (Å²) < 4.78 is 2.50. The first-order valence-electron chi connectivity index (χ1n) is 12.2. The third-order valence-electron chi connectivity index (χ3n) is 8.03. The Hall–Kier alpha value is -1.69. The summed E-state index contributed by atoms with van der Waals surface area (Å²) in [7, 11) is 0. The second-order valence-electron chi connectivity index (χ2n) is 10.7. The van der Waals surface area contributed by atoms with Crippen molar-refractivity contribution < 1.29 is 5.11 Å². The van der Waals surface area contributed by atoms with E-state index in [1.54, 1.807) is 11.1 Å². The van der Waals surface area contributed by atoms with Crippen LogP contribution in [0.15, 0.2) is 35.4 Å². The number of nitrogens with zero attached hydrogens (tertiary/aromatic N) is 3. The number of benzene rings is 1. The van der Waals surface area contributed by atoms with Crippen LogP contribution in [0.1, 0.15) is 77.2 Å². The normalized spacial score (nSPS) is 28.0. The number of aliphatic hydroxyl groups excluding tert-OH is 1. The van der Waals surface area contributed by atoms with Crippen molar-refractivity contribution in [3.05, 3.63) is 41.2 Å². The van der Waals surface area contributed by atoms with Crippen molar-refractivity contribution in [2.45, 2.75) is 77.5 Å². The lowest BCUT2D eigenvalue weighted by molar-refractivity contribution is 0.182. The summed E-state index contributed by atoms with van der Waals surface area (Å²) in [6.45, 7) is 11.3. The van der Waals surface area contributed by atoms with Crippen molar-refractivity contribution >= 4 is 11.0 Å². The highest BCUT2D eigenvalue weighted by Crippen LogP contribution is 2.41. The maximum absolute atomic E-state index is 10.1. The molecule has 168 valence electrons. The maximum atomic E-state index is 10.1. The van der Waals surface area contributed by atoms with E-state index in [0.29, 0.717) is 18.0 Å². The SMILES string of the molecule is CC1=C(CN2CCC(n3c([C@@H]4C[C@@H](O)CN4)nc4ccccc43)CC2)C(C)(C)CCC1. The number of aliphatic hydroxyl groups is 1. The Kier molecular flexibility index (Phi) is 5.70. The van der Waals surface area contributed by atoms with Crippen LogP contribution < -0.4 is 5.32 Å². The second kappa shape index (κ2) is 8.34. The van der Waals surface area contributed by atoms with E-state index >= 15 is 0 Å². The predicted molar refractivity (Wildman–Crippen MR) is 126 cm³/mol. The highest BCUT2D eigenvalue weighted by atomic mass is 16.3. The van der Waals surface area contributed by atoms with Crippen molar-refractivity contribution in [2.75, 3.05) is 26.2 Å². The van der Waals surface area contributed by atoms with Crippen LogP contribution in [0.5, 0.6) is 0 Å². The lowest BCUT2D eigenvalue weighted by atomic mass is 9.72. The summed E-state index contributed by atoms with van der Waals surface area (Å²) in [6.07, 6.45) is 6.75. The number of hydrogen-bond donors (Lipinski definition) is 2. The van der Waals surface area contributed by atoms with Crippen LogP contribution in [-0.2, 0) is 0 Å². The third kappa shape index (κ3) is 4.08. The van der Waals surface area contributed by atoms with Gasteiger partial charge in [-0.15, -0.1) is 0 Å². The molecule has 5 nitrogen and oxygen atoms in total. The van der Waals surface area contributed by atoms with Crippen molar-refractivity contribution in [2.24, 2.45) is 5.41 Å². The van der Waals surface area contributed by atoms with Gasteiger partial charge in [-0.25, -0.2) is 4.98 Å². The summed E-state index contributed by atoms with van der Waals surface area (Å²) >= 11 is 0. The molecule has 2 fully saturated rings. The van der Waals surface area contributed by atoms with Crippen molar-refractivity contribution in [1.29, 1.82) is 0 Å². The molecular weight excluding hydrogens is 384 g/mol. The van der Waals surface area contributed by atoms with Gasteiger partial charge in [0, 0.05) is 32.2 Å². The molecule has 2 aliphatic heterocycles. The number of aromatic nitrogens is 2. The minimum Gasteiger partial charge on any atom is -0.392 e. The van der Waals surface area contributed by atoms with Gasteiger partial charge in [0.15, 0.2) is 0 Å². The van der Waals surface area contributed by atoms with Gasteiger partial charge in [-0.2, -0.15) is 0 Å². The molecule has 2 saturated heterocycles. The number of nitrogens with one attached hydrogen (secondary N) is 1. The molecule has 5 heteroatoms. The molecule has 0 amide bonds. The summed E-state index contributed by atoms with van der Waals surface area (Å²) in [5.41, 5.74) is 5.99. The van der Waals surface area contributed by atoms with Crippen LogP contribution in [-0.4, -0.2) is 51.8 Å². The number of imidazole rings is 1. The number of allylic oxidation sites excluding steroid dienone is 1. The molecule has 31 heavy (non-hydrogen) atoms. The monoisotopic (exact) mass is 422 g/mol. The lowest BCUT2D eigenvalue weighted by Gasteiger charge is -2.40. The Morgan fingerprint density at radius 2 is 1.97 bits per heavy atom. The van der Waals surface area contributed by atoms with Gasteiger partial charge in [0.25, 0.3) is 0 Å². The topological polar surface area (TPSA) is 53.3 Å². The van der Waals surface area contributed by atoms with E-state index in [0.717, 1.165) is 50.2 Å². The van der Waals surface area contributed by atoms with E-state index in [1.807, 2.05) is 0 Å². The molecule has 0 bridgehead atoms. The maximum Gasteiger partial charge on any atom is 0.127 e. The van der Waals surface area contributed by atoms with E-state index in [1.165, 1.54) is 24.8 Å². The fourth-order valence-electron chi connectivity index (χ4n) is 6.19. The molecule has 0 spiro atoms. The second-order valence-corrected chi connectivity index (χ2v) is 10.7. The van der Waals surface area contributed by atoms with Gasteiger partial charge in [0.05, 0.1) is 23.2 Å². The Morgan fingerprint density at radius 3 is 2.68 bits per heavy atom. The van der Waals surface area contributed by atoms with E-state index < -0.39 is 0 Å². The quantitative estimate of drug-likeness (QED) is 0.708. The number of hydrogen-bond acceptors (Lipinski definition) is 4. The van der Waals surface area contributed by atoms with Crippen LogP contribution >= 0.6 is 0 Å². The Bertz CT molecular complexity index is 967. The fraction of sp³-hybridized carbons (Fsp3) is 0.654. The molecule has 1 aromatic heterocycles. The highest BCUT2D eigenvalue weighted by Gasteiger charge is 2.33. The largest absolute Gasteiger partial charge is 0.392 e. The molecule has 3 heterocycles. The van der Waals surface area contributed by atoms with Crippen molar-refractivity contribution in [3.8, 4) is 0 Å². The molecule has 5 rings (SSSR count). The Labute approximate surface area is 186 Å². The van der Waals surface area contributed by atoms with Crippen molar-refractivity contribution in [3.63, 3.8) is 0 Å². The molecule has 1 aliphatic carbocycles. The summed E-state index contributed by atoms with van der Waals surface area (Å²) in [6, 6.07) is 9.16. The van der Waals surface area contributed by atoms with Gasteiger partial charge in [0.1, 0.15) is 5.82 Å². The molecule has 0 unspecified atom stereocenters. The number of piperidine rings is 1. The van der Waals surface area contributed by atoms with E-state index in [-0.39, 0.29) is 12.1 Å². The van der Waals surface area contributed by atoms with Crippen molar-refractivity contribution in [1.82, 2.24) is 19.8 Å². The van der Waals surface area contributed by atoms with Crippen LogP contribution in [0.4, 0.5) is 0 Å². The number of rotatable bonds is 4. The van der Waals surface area contributed by atoms with Gasteiger partial charge < -0.3 is 15.0 Å². The first-order chi connectivity index (χ1) is 14.9. The average molecular weight is 423 g/mol. The first-order valence-corrected chi connectivity index (χ1v) is 12.2. The minimum absolute atomic E-state index is 0.149. The molecule has 0 saturated carbocycles. The smallest absolute Gasteiger partial charge is 0.127 e.